The Morgan fingerprint density at radius 2 is 2.00 bits per heavy atom. The summed E-state index contributed by atoms with van der Waals surface area (Å²) in [7, 11) is 1.80. The molecule has 2 rings (SSSR count). The average Bonchev–Trinajstić information content (AvgIpc) is 2.61. The zero-order valence-electron chi connectivity index (χ0n) is 14.4. The number of nitrogens with zero attached hydrogens (tertiary/aromatic N) is 2. The molecule has 0 saturated heterocycles. The third kappa shape index (κ3) is 5.01. The molecule has 0 aliphatic heterocycles. The van der Waals surface area contributed by atoms with Crippen LogP contribution in [0.3, 0.4) is 0 Å². The second-order valence-electron chi connectivity index (χ2n) is 5.93. The number of hydrogen-bond donors (Lipinski definition) is 1. The van der Waals surface area contributed by atoms with E-state index in [0.29, 0.717) is 23.4 Å². The number of amides is 1. The normalized spacial score (nSPS) is 11.9. The second-order valence-corrected chi connectivity index (χ2v) is 6.34. The van der Waals surface area contributed by atoms with Crippen molar-refractivity contribution in [3.63, 3.8) is 0 Å². The maximum atomic E-state index is 13.4. The number of carbonyl (C=O) groups is 1. The van der Waals surface area contributed by atoms with Gasteiger partial charge in [0.1, 0.15) is 6.07 Å². The molecule has 7 heteroatoms. The smallest absolute Gasteiger partial charge is 0.225 e. The van der Waals surface area contributed by atoms with Crippen LogP contribution in [0.4, 0.5) is 14.5 Å². The quantitative estimate of drug-likeness (QED) is 0.805. The number of rotatable bonds is 6. The molecule has 0 saturated carbocycles. The molecule has 136 valence electrons. The van der Waals surface area contributed by atoms with Crippen LogP contribution in [-0.2, 0) is 4.79 Å². The third-order valence-electron chi connectivity index (χ3n) is 4.15. The van der Waals surface area contributed by atoms with Crippen molar-refractivity contribution in [2.45, 2.75) is 19.4 Å². The van der Waals surface area contributed by atoms with Crippen LogP contribution in [0.25, 0.3) is 0 Å². The van der Waals surface area contributed by atoms with E-state index in [4.69, 9.17) is 16.9 Å². The third-order valence-corrected chi connectivity index (χ3v) is 4.46. The van der Waals surface area contributed by atoms with E-state index in [2.05, 4.69) is 5.32 Å². The van der Waals surface area contributed by atoms with Gasteiger partial charge in [0, 0.05) is 24.7 Å². The minimum Gasteiger partial charge on any atom is -0.326 e. The van der Waals surface area contributed by atoms with Crippen molar-refractivity contribution in [2.75, 3.05) is 18.9 Å². The van der Waals surface area contributed by atoms with Crippen LogP contribution in [0.1, 0.15) is 30.5 Å². The zero-order valence-corrected chi connectivity index (χ0v) is 15.1. The molecular weight excluding hydrogens is 360 g/mol. The molecule has 2 aromatic carbocycles. The predicted octanol–water partition coefficient (Wildman–Crippen LogP) is 4.51. The summed E-state index contributed by atoms with van der Waals surface area (Å²) in [5, 5.41) is 11.8. The summed E-state index contributed by atoms with van der Waals surface area (Å²) in [5.41, 5.74) is 1.48. The zero-order chi connectivity index (χ0) is 19.3. The maximum absolute atomic E-state index is 13.4. The van der Waals surface area contributed by atoms with Gasteiger partial charge in [-0.05, 0) is 49.9 Å². The molecule has 0 aliphatic rings. The number of nitrogens with one attached hydrogen (secondary N) is 1. The van der Waals surface area contributed by atoms with Crippen LogP contribution >= 0.6 is 11.6 Å². The van der Waals surface area contributed by atoms with Crippen LogP contribution < -0.4 is 5.32 Å². The molecule has 0 aromatic heterocycles. The van der Waals surface area contributed by atoms with Crippen LogP contribution in [0, 0.1) is 23.0 Å². The summed E-state index contributed by atoms with van der Waals surface area (Å²) in [6, 6.07) is 10.2. The number of carbonyl (C=O) groups excluding carboxylic acids is 1. The lowest BCUT2D eigenvalue weighted by Crippen LogP contribution is -2.27. The molecule has 1 amide bonds. The number of halogens is 3. The highest BCUT2D eigenvalue weighted by Gasteiger charge is 2.15. The Balaban J connectivity index is 1.90. The van der Waals surface area contributed by atoms with Crippen molar-refractivity contribution in [1.29, 1.82) is 5.26 Å². The van der Waals surface area contributed by atoms with Crippen molar-refractivity contribution < 1.29 is 13.6 Å². The molecule has 26 heavy (non-hydrogen) atoms. The molecule has 0 aliphatic carbocycles. The minimum absolute atomic E-state index is 0.178. The van der Waals surface area contributed by atoms with Crippen LogP contribution in [0.15, 0.2) is 36.4 Å². The highest BCUT2D eigenvalue weighted by atomic mass is 35.5. The van der Waals surface area contributed by atoms with Gasteiger partial charge in [-0.1, -0.05) is 17.7 Å². The van der Waals surface area contributed by atoms with Crippen LogP contribution in [0.5, 0.6) is 0 Å². The molecule has 0 heterocycles. The number of anilines is 1. The lowest BCUT2D eigenvalue weighted by atomic mass is 10.1. The molecule has 1 atom stereocenters. The van der Waals surface area contributed by atoms with Gasteiger partial charge in [0.25, 0.3) is 0 Å². The summed E-state index contributed by atoms with van der Waals surface area (Å²) < 4.78 is 26.4. The number of hydrogen-bond acceptors (Lipinski definition) is 3. The fourth-order valence-corrected chi connectivity index (χ4v) is 2.63. The fraction of sp³-hybridized carbons (Fsp3) is 0.263. The Morgan fingerprint density at radius 3 is 2.62 bits per heavy atom. The van der Waals surface area contributed by atoms with Crippen LogP contribution in [-0.4, -0.2) is 24.4 Å². The summed E-state index contributed by atoms with van der Waals surface area (Å²) >= 11 is 5.93. The van der Waals surface area contributed by atoms with Gasteiger partial charge in [-0.25, -0.2) is 8.78 Å². The van der Waals surface area contributed by atoms with Crippen LogP contribution in [0.2, 0.25) is 5.02 Å². The van der Waals surface area contributed by atoms with E-state index in [9.17, 15) is 13.6 Å². The first kappa shape index (κ1) is 19.8. The Hall–Kier alpha value is -2.49. The Labute approximate surface area is 156 Å². The van der Waals surface area contributed by atoms with Gasteiger partial charge in [-0.2, -0.15) is 5.26 Å². The number of benzene rings is 2. The van der Waals surface area contributed by atoms with Gasteiger partial charge in [0.05, 0.1) is 10.6 Å². The van der Waals surface area contributed by atoms with Gasteiger partial charge in [0.15, 0.2) is 11.6 Å². The van der Waals surface area contributed by atoms with E-state index < -0.39 is 11.6 Å². The average molecular weight is 378 g/mol. The highest BCUT2D eigenvalue weighted by Crippen LogP contribution is 2.22. The Bertz CT molecular complexity index is 851. The molecule has 0 bridgehead atoms. The van der Waals surface area contributed by atoms with Gasteiger partial charge in [0.2, 0.25) is 5.91 Å². The molecule has 0 radical (unpaired) electrons. The van der Waals surface area contributed by atoms with E-state index >= 15 is 0 Å². The predicted molar refractivity (Wildman–Crippen MR) is 96.8 cm³/mol. The Morgan fingerprint density at radius 1 is 1.27 bits per heavy atom. The standard InChI is InChI=1S/C19H18ClF2N3O/c1-12(13-4-6-17(21)18(22)9-13)25(2)8-7-19(26)24-15-5-3-14(11-23)16(20)10-15/h3-6,9-10,12H,7-8H2,1-2H3,(H,24,26). The Kier molecular flexibility index (Phi) is 6.67. The van der Waals surface area contributed by atoms with Gasteiger partial charge in [-0.15, -0.1) is 0 Å². The van der Waals surface area contributed by atoms with Crippen molar-refractivity contribution in [1.82, 2.24) is 4.90 Å². The molecular formula is C19H18ClF2N3O. The maximum Gasteiger partial charge on any atom is 0.225 e. The molecule has 2 aromatic rings. The van der Waals surface area contributed by atoms with E-state index in [1.54, 1.807) is 13.1 Å². The van der Waals surface area contributed by atoms with Gasteiger partial charge >= 0.3 is 0 Å². The summed E-state index contributed by atoms with van der Waals surface area (Å²) in [4.78, 5) is 14.0. The molecule has 1 unspecified atom stereocenters. The number of nitriles is 1. The van der Waals surface area contributed by atoms with E-state index in [0.717, 1.165) is 12.1 Å². The van der Waals surface area contributed by atoms with Gasteiger partial charge < -0.3 is 5.32 Å². The van der Waals surface area contributed by atoms with Crippen molar-refractivity contribution in [3.05, 3.63) is 64.2 Å². The summed E-state index contributed by atoms with van der Waals surface area (Å²) in [6.07, 6.45) is 0.210. The minimum atomic E-state index is -0.891. The second kappa shape index (κ2) is 8.75. The van der Waals surface area contributed by atoms with E-state index in [1.807, 2.05) is 17.9 Å². The van der Waals surface area contributed by atoms with Gasteiger partial charge in [-0.3, -0.25) is 9.69 Å². The summed E-state index contributed by atoms with van der Waals surface area (Å²) in [5.74, 6) is -1.99. The summed E-state index contributed by atoms with van der Waals surface area (Å²) in [6.45, 7) is 2.28. The molecule has 0 fully saturated rings. The monoisotopic (exact) mass is 377 g/mol. The topological polar surface area (TPSA) is 56.1 Å². The first-order chi connectivity index (χ1) is 12.3. The molecule has 0 spiro atoms. The SMILES string of the molecule is CC(c1ccc(F)c(F)c1)N(C)CCC(=O)Nc1ccc(C#N)c(Cl)c1. The van der Waals surface area contributed by atoms with Crippen molar-refractivity contribution in [2.24, 2.45) is 0 Å². The highest BCUT2D eigenvalue weighted by molar-refractivity contribution is 6.32. The lowest BCUT2D eigenvalue weighted by Gasteiger charge is -2.25. The molecule has 1 N–H and O–H groups in total. The van der Waals surface area contributed by atoms with Crippen molar-refractivity contribution >= 4 is 23.2 Å². The fourth-order valence-electron chi connectivity index (χ4n) is 2.41. The van der Waals surface area contributed by atoms with E-state index in [1.165, 1.54) is 18.2 Å². The molecule has 4 nitrogen and oxygen atoms in total. The largest absolute Gasteiger partial charge is 0.326 e. The first-order valence-electron chi connectivity index (χ1n) is 7.96. The first-order valence-corrected chi connectivity index (χ1v) is 8.34. The lowest BCUT2D eigenvalue weighted by molar-refractivity contribution is -0.116. The van der Waals surface area contributed by atoms with E-state index in [-0.39, 0.29) is 23.4 Å². The van der Waals surface area contributed by atoms with Crippen molar-refractivity contribution in [3.8, 4) is 6.07 Å².